The molecule has 0 aliphatic carbocycles. The van der Waals surface area contributed by atoms with Gasteiger partial charge in [0.05, 0.1) is 0 Å². The van der Waals surface area contributed by atoms with E-state index in [1.54, 1.807) is 6.08 Å². The number of rotatable bonds is 0. The molecule has 2 heteroatoms. The normalized spacial score (nSPS) is 19.7. The van der Waals surface area contributed by atoms with E-state index in [1.165, 1.54) is 11.8 Å². The molecule has 1 nitrogen and oxygen atoms in total. The fraction of sp³-hybridized carbons (Fsp3) is 0.250. The van der Waals surface area contributed by atoms with Gasteiger partial charge < -0.3 is 0 Å². The highest BCUT2D eigenvalue weighted by Crippen LogP contribution is 2.09. The standard InChI is InChI=1S/C4H4OS/c5-4-2-1-3-6-4/h1-2H,3H2. The van der Waals surface area contributed by atoms with E-state index >= 15 is 0 Å². The van der Waals surface area contributed by atoms with E-state index < -0.39 is 0 Å². The van der Waals surface area contributed by atoms with Crippen molar-refractivity contribution in [1.82, 2.24) is 0 Å². The molecule has 0 bridgehead atoms. The third-order valence-corrected chi connectivity index (χ3v) is 1.36. The van der Waals surface area contributed by atoms with Crippen molar-refractivity contribution < 1.29 is 4.79 Å². The second-order valence-electron chi connectivity index (χ2n) is 1.03. The maximum absolute atomic E-state index is 10.1. The van der Waals surface area contributed by atoms with Crippen molar-refractivity contribution in [3.05, 3.63) is 12.2 Å². The zero-order valence-corrected chi connectivity index (χ0v) is 3.99. The fourth-order valence-electron chi connectivity index (χ4n) is 0.323. The van der Waals surface area contributed by atoms with Crippen LogP contribution in [0, 0.1) is 0 Å². The molecule has 0 saturated heterocycles. The highest BCUT2D eigenvalue weighted by atomic mass is 32.2. The maximum atomic E-state index is 10.1. The molecule has 6 heavy (non-hydrogen) atoms. The summed E-state index contributed by atoms with van der Waals surface area (Å²) in [6.45, 7) is 0. The van der Waals surface area contributed by atoms with Gasteiger partial charge in [-0.1, -0.05) is 17.8 Å². The lowest BCUT2D eigenvalue weighted by Gasteiger charge is -1.71. The predicted molar refractivity (Wildman–Crippen MR) is 26.6 cm³/mol. The van der Waals surface area contributed by atoms with Crippen molar-refractivity contribution in [2.75, 3.05) is 5.75 Å². The van der Waals surface area contributed by atoms with Gasteiger partial charge in [-0.2, -0.15) is 0 Å². The van der Waals surface area contributed by atoms with E-state index in [4.69, 9.17) is 0 Å². The Balaban J connectivity index is 2.59. The summed E-state index contributed by atoms with van der Waals surface area (Å²) in [5, 5.41) is 0.190. The molecule has 0 aromatic carbocycles. The SMILES string of the molecule is O=C1C=CCS1. The van der Waals surface area contributed by atoms with Gasteiger partial charge in [-0.25, -0.2) is 0 Å². The first-order valence-electron chi connectivity index (χ1n) is 1.73. The Morgan fingerprint density at radius 1 is 1.83 bits per heavy atom. The first-order valence-corrected chi connectivity index (χ1v) is 2.71. The number of carbonyl (C=O) groups excluding carboxylic acids is 1. The van der Waals surface area contributed by atoms with Crippen LogP contribution in [-0.4, -0.2) is 10.9 Å². The molecule has 0 aromatic heterocycles. The average molecular weight is 100 g/mol. The van der Waals surface area contributed by atoms with Crippen LogP contribution in [0.2, 0.25) is 0 Å². The summed E-state index contributed by atoms with van der Waals surface area (Å²) in [5.74, 6) is 0.874. The van der Waals surface area contributed by atoms with E-state index in [1.807, 2.05) is 6.08 Å². The van der Waals surface area contributed by atoms with Crippen LogP contribution in [0.4, 0.5) is 0 Å². The summed E-state index contributed by atoms with van der Waals surface area (Å²) in [6.07, 6.45) is 3.47. The molecule has 0 aromatic rings. The quantitative estimate of drug-likeness (QED) is 0.448. The molecule has 0 spiro atoms. The van der Waals surface area contributed by atoms with Gasteiger partial charge in [0, 0.05) is 5.75 Å². The van der Waals surface area contributed by atoms with E-state index in [2.05, 4.69) is 0 Å². The van der Waals surface area contributed by atoms with Crippen LogP contribution in [0.3, 0.4) is 0 Å². The molecule has 0 N–H and O–H groups in total. The Morgan fingerprint density at radius 2 is 2.67 bits per heavy atom. The molecule has 0 atom stereocenters. The molecular weight excluding hydrogens is 96.1 g/mol. The lowest BCUT2D eigenvalue weighted by Crippen LogP contribution is -1.72. The van der Waals surface area contributed by atoms with Gasteiger partial charge in [-0.05, 0) is 6.08 Å². The van der Waals surface area contributed by atoms with Gasteiger partial charge in [0.2, 0.25) is 5.12 Å². The Hall–Kier alpha value is -0.240. The van der Waals surface area contributed by atoms with E-state index in [0.717, 1.165) is 5.75 Å². The lowest BCUT2D eigenvalue weighted by atomic mass is 10.6. The minimum Gasteiger partial charge on any atom is -0.282 e. The molecule has 0 unspecified atom stereocenters. The first kappa shape index (κ1) is 3.93. The zero-order valence-electron chi connectivity index (χ0n) is 3.18. The second kappa shape index (κ2) is 1.47. The summed E-state index contributed by atoms with van der Waals surface area (Å²) in [7, 11) is 0. The topological polar surface area (TPSA) is 17.1 Å². The summed E-state index contributed by atoms with van der Waals surface area (Å²) >= 11 is 1.35. The third-order valence-electron chi connectivity index (χ3n) is 0.576. The van der Waals surface area contributed by atoms with Crippen molar-refractivity contribution in [2.24, 2.45) is 0 Å². The molecular formula is C4H4OS. The summed E-state index contributed by atoms with van der Waals surface area (Å²) in [4.78, 5) is 10.1. The summed E-state index contributed by atoms with van der Waals surface area (Å²) in [5.41, 5.74) is 0. The number of hydrogen-bond donors (Lipinski definition) is 0. The smallest absolute Gasteiger partial charge is 0.212 e. The van der Waals surface area contributed by atoms with Crippen LogP contribution in [0.15, 0.2) is 12.2 Å². The van der Waals surface area contributed by atoms with Crippen molar-refractivity contribution in [3.63, 3.8) is 0 Å². The molecule has 1 heterocycles. The summed E-state index contributed by atoms with van der Waals surface area (Å²) in [6, 6.07) is 0. The lowest BCUT2D eigenvalue weighted by molar-refractivity contribution is -0.106. The fourth-order valence-corrected chi connectivity index (χ4v) is 0.872. The van der Waals surface area contributed by atoms with Crippen molar-refractivity contribution in [3.8, 4) is 0 Å². The Labute approximate surface area is 40.4 Å². The molecule has 0 radical (unpaired) electrons. The number of carbonyl (C=O) groups is 1. The molecule has 0 saturated carbocycles. The predicted octanol–water partition coefficient (Wildman–Crippen LogP) is 0.816. The van der Waals surface area contributed by atoms with Crippen molar-refractivity contribution in [1.29, 1.82) is 0 Å². The summed E-state index contributed by atoms with van der Waals surface area (Å²) < 4.78 is 0. The zero-order chi connectivity index (χ0) is 4.41. The van der Waals surface area contributed by atoms with Gasteiger partial charge >= 0.3 is 0 Å². The first-order chi connectivity index (χ1) is 2.89. The molecule has 0 fully saturated rings. The number of hydrogen-bond acceptors (Lipinski definition) is 2. The van der Waals surface area contributed by atoms with E-state index in [-0.39, 0.29) is 5.12 Å². The largest absolute Gasteiger partial charge is 0.282 e. The highest BCUT2D eigenvalue weighted by molar-refractivity contribution is 8.14. The van der Waals surface area contributed by atoms with Crippen LogP contribution in [0.25, 0.3) is 0 Å². The minimum atomic E-state index is 0.190. The average Bonchev–Trinajstić information content (AvgIpc) is 1.86. The second-order valence-corrected chi connectivity index (χ2v) is 2.06. The van der Waals surface area contributed by atoms with Crippen molar-refractivity contribution >= 4 is 16.9 Å². The van der Waals surface area contributed by atoms with Crippen LogP contribution in [-0.2, 0) is 4.79 Å². The van der Waals surface area contributed by atoms with Gasteiger partial charge in [-0.15, -0.1) is 0 Å². The highest BCUT2D eigenvalue weighted by Gasteiger charge is 1.99. The van der Waals surface area contributed by atoms with Gasteiger partial charge in [0.25, 0.3) is 0 Å². The Morgan fingerprint density at radius 3 is 2.83 bits per heavy atom. The third kappa shape index (κ3) is 0.627. The van der Waals surface area contributed by atoms with Crippen LogP contribution < -0.4 is 0 Å². The Bertz CT molecular complexity index is 95.7. The van der Waals surface area contributed by atoms with Crippen LogP contribution >= 0.6 is 11.8 Å². The molecule has 1 aliphatic rings. The van der Waals surface area contributed by atoms with Gasteiger partial charge in [0.15, 0.2) is 0 Å². The van der Waals surface area contributed by atoms with Crippen LogP contribution in [0.1, 0.15) is 0 Å². The van der Waals surface area contributed by atoms with E-state index in [0.29, 0.717) is 0 Å². The number of thioether (sulfide) groups is 1. The van der Waals surface area contributed by atoms with E-state index in [9.17, 15) is 4.79 Å². The van der Waals surface area contributed by atoms with Gasteiger partial charge in [-0.3, -0.25) is 4.79 Å². The van der Waals surface area contributed by atoms with Gasteiger partial charge in [0.1, 0.15) is 0 Å². The minimum absolute atomic E-state index is 0.190. The molecule has 32 valence electrons. The van der Waals surface area contributed by atoms with Crippen molar-refractivity contribution in [2.45, 2.75) is 0 Å². The molecule has 1 aliphatic heterocycles. The monoisotopic (exact) mass is 100.0 g/mol. The van der Waals surface area contributed by atoms with Crippen LogP contribution in [0.5, 0.6) is 0 Å². The Kier molecular flexibility index (Phi) is 0.965. The molecule has 0 amide bonds. The maximum Gasteiger partial charge on any atom is 0.212 e. The molecule has 1 rings (SSSR count).